The summed E-state index contributed by atoms with van der Waals surface area (Å²) in [6.07, 6.45) is -4.74. The quantitative estimate of drug-likeness (QED) is 0.545. The Bertz CT molecular complexity index is 1130. The second-order valence-corrected chi connectivity index (χ2v) is 7.88. The van der Waals surface area contributed by atoms with E-state index in [1.54, 1.807) is 0 Å². The molecule has 0 saturated heterocycles. The normalized spacial score (nSPS) is 13.5. The molecule has 1 atom stereocenters. The van der Waals surface area contributed by atoms with E-state index >= 15 is 0 Å². The number of amides is 1. The number of anilines is 1. The Balaban J connectivity index is 1.75. The van der Waals surface area contributed by atoms with Crippen LogP contribution in [0, 0.1) is 11.3 Å². The highest BCUT2D eigenvalue weighted by Gasteiger charge is 2.35. The second kappa shape index (κ2) is 8.38. The average molecular weight is 430 g/mol. The minimum Gasteiger partial charge on any atom is -0.379 e. The Morgan fingerprint density at radius 1 is 1.13 bits per heavy atom. The van der Waals surface area contributed by atoms with Gasteiger partial charge < -0.3 is 10.4 Å². The van der Waals surface area contributed by atoms with Gasteiger partial charge in [-0.1, -0.05) is 36.4 Å². The van der Waals surface area contributed by atoms with E-state index in [2.05, 4.69) is 5.32 Å². The van der Waals surface area contributed by atoms with E-state index in [1.165, 1.54) is 30.8 Å². The van der Waals surface area contributed by atoms with Crippen LogP contribution in [0.5, 0.6) is 0 Å². The summed E-state index contributed by atoms with van der Waals surface area (Å²) in [5, 5.41) is 23.8. The number of nitrogens with zero attached hydrogens (tertiary/aromatic N) is 1. The Kier molecular flexibility index (Phi) is 6.06. The lowest BCUT2D eigenvalue weighted by atomic mass is 10.1. The van der Waals surface area contributed by atoms with E-state index in [9.17, 15) is 23.1 Å². The predicted molar refractivity (Wildman–Crippen MR) is 110 cm³/mol. The van der Waals surface area contributed by atoms with Crippen LogP contribution in [0.3, 0.4) is 0 Å². The van der Waals surface area contributed by atoms with Crippen molar-refractivity contribution in [2.45, 2.75) is 23.6 Å². The van der Waals surface area contributed by atoms with Crippen LogP contribution >= 0.6 is 11.8 Å². The number of nitrogens with one attached hydrogen (secondary N) is 1. The molecule has 0 aliphatic carbocycles. The first kappa shape index (κ1) is 21.7. The molecule has 0 aliphatic rings. The molecular weight excluding hydrogens is 413 g/mol. The highest BCUT2D eigenvalue weighted by Crippen LogP contribution is 2.34. The Morgan fingerprint density at radius 2 is 1.83 bits per heavy atom. The number of fused-ring (bicyclic) bond motifs is 1. The predicted octanol–water partition coefficient (Wildman–Crippen LogP) is 5.21. The number of halogens is 3. The monoisotopic (exact) mass is 430 g/mol. The number of benzene rings is 3. The van der Waals surface area contributed by atoms with Crippen molar-refractivity contribution >= 4 is 34.1 Å². The number of carbonyl (C=O) groups is 1. The van der Waals surface area contributed by atoms with Crippen molar-refractivity contribution < 1.29 is 23.1 Å². The van der Waals surface area contributed by atoms with Gasteiger partial charge in [-0.3, -0.25) is 4.79 Å². The molecule has 0 aromatic heterocycles. The summed E-state index contributed by atoms with van der Waals surface area (Å²) in [7, 11) is 0. The zero-order chi connectivity index (χ0) is 21.9. The van der Waals surface area contributed by atoms with Crippen molar-refractivity contribution in [1.82, 2.24) is 0 Å². The molecule has 8 heteroatoms. The van der Waals surface area contributed by atoms with Crippen LogP contribution in [0.15, 0.2) is 65.6 Å². The molecule has 0 spiro atoms. The van der Waals surface area contributed by atoms with Crippen LogP contribution < -0.4 is 5.32 Å². The van der Waals surface area contributed by atoms with Gasteiger partial charge in [0.2, 0.25) is 0 Å². The van der Waals surface area contributed by atoms with Crippen molar-refractivity contribution in [3.05, 3.63) is 71.8 Å². The summed E-state index contributed by atoms with van der Waals surface area (Å²) < 4.78 is 39.3. The molecule has 0 aliphatic heterocycles. The third-order valence-corrected chi connectivity index (χ3v) is 5.82. The van der Waals surface area contributed by atoms with Crippen molar-refractivity contribution in [1.29, 1.82) is 5.26 Å². The number of hydrogen-bond acceptors (Lipinski definition) is 4. The summed E-state index contributed by atoms with van der Waals surface area (Å²) in [5.41, 5.74) is -3.68. The standard InChI is InChI=1S/C22H17F3N2O2S/c1-21(29,13-30-19-8-4-6-14-5-2-3-7-17(14)19)20(28)27-16-10-9-15(12-26)18(11-16)22(23,24)25/h2-11,29H,13H2,1H3,(H,27,28). The molecule has 0 saturated carbocycles. The first-order valence-electron chi connectivity index (χ1n) is 8.87. The summed E-state index contributed by atoms with van der Waals surface area (Å²) in [6, 6.07) is 17.7. The van der Waals surface area contributed by atoms with E-state index in [1.807, 2.05) is 42.5 Å². The van der Waals surface area contributed by atoms with Gasteiger partial charge in [-0.15, -0.1) is 11.8 Å². The molecule has 30 heavy (non-hydrogen) atoms. The zero-order valence-electron chi connectivity index (χ0n) is 15.8. The van der Waals surface area contributed by atoms with Crippen LogP contribution in [0.25, 0.3) is 10.8 Å². The molecule has 154 valence electrons. The van der Waals surface area contributed by atoms with E-state index in [0.29, 0.717) is 6.07 Å². The number of rotatable bonds is 5. The number of aliphatic hydroxyl groups is 1. The topological polar surface area (TPSA) is 73.1 Å². The molecule has 2 N–H and O–H groups in total. The summed E-state index contributed by atoms with van der Waals surface area (Å²) >= 11 is 1.28. The molecular formula is C22H17F3N2O2S. The maximum atomic E-state index is 13.1. The van der Waals surface area contributed by atoms with Crippen LogP contribution in [-0.4, -0.2) is 22.4 Å². The molecule has 0 heterocycles. The molecule has 3 rings (SSSR count). The van der Waals surface area contributed by atoms with Crippen molar-refractivity contribution in [2.75, 3.05) is 11.1 Å². The van der Waals surface area contributed by atoms with Gasteiger partial charge in [0.15, 0.2) is 0 Å². The van der Waals surface area contributed by atoms with Gasteiger partial charge in [0.25, 0.3) is 5.91 Å². The van der Waals surface area contributed by atoms with Crippen LogP contribution in [0.4, 0.5) is 18.9 Å². The number of alkyl halides is 3. The number of thioether (sulfide) groups is 1. The smallest absolute Gasteiger partial charge is 0.379 e. The van der Waals surface area contributed by atoms with Crippen molar-refractivity contribution in [3.8, 4) is 6.07 Å². The molecule has 0 radical (unpaired) electrons. The third kappa shape index (κ3) is 4.75. The van der Waals surface area contributed by atoms with Crippen LogP contribution in [-0.2, 0) is 11.0 Å². The molecule has 4 nitrogen and oxygen atoms in total. The summed E-state index contributed by atoms with van der Waals surface area (Å²) in [4.78, 5) is 13.4. The lowest BCUT2D eigenvalue weighted by Crippen LogP contribution is -2.42. The van der Waals surface area contributed by atoms with Crippen LogP contribution in [0.1, 0.15) is 18.1 Å². The second-order valence-electron chi connectivity index (χ2n) is 6.86. The van der Waals surface area contributed by atoms with E-state index in [0.717, 1.165) is 21.7 Å². The number of hydrogen-bond donors (Lipinski definition) is 2. The zero-order valence-corrected chi connectivity index (χ0v) is 16.6. The van der Waals surface area contributed by atoms with Gasteiger partial charge in [-0.05, 0) is 42.0 Å². The first-order valence-corrected chi connectivity index (χ1v) is 9.86. The van der Waals surface area contributed by atoms with E-state index in [4.69, 9.17) is 5.26 Å². The lowest BCUT2D eigenvalue weighted by Gasteiger charge is -2.22. The maximum absolute atomic E-state index is 13.1. The summed E-state index contributed by atoms with van der Waals surface area (Å²) in [6.45, 7) is 1.30. The van der Waals surface area contributed by atoms with Gasteiger partial charge in [-0.25, -0.2) is 0 Å². The van der Waals surface area contributed by atoms with Crippen LogP contribution in [0.2, 0.25) is 0 Å². The molecule has 0 fully saturated rings. The average Bonchev–Trinajstić information content (AvgIpc) is 2.71. The summed E-state index contributed by atoms with van der Waals surface area (Å²) in [5.74, 6) is -0.844. The Morgan fingerprint density at radius 3 is 2.53 bits per heavy atom. The fourth-order valence-electron chi connectivity index (χ4n) is 2.83. The van der Waals surface area contributed by atoms with Gasteiger partial charge >= 0.3 is 6.18 Å². The van der Waals surface area contributed by atoms with E-state index in [-0.39, 0.29) is 11.4 Å². The van der Waals surface area contributed by atoms with Gasteiger partial charge in [0.1, 0.15) is 5.60 Å². The highest BCUT2D eigenvalue weighted by atomic mass is 32.2. The van der Waals surface area contributed by atoms with Crippen molar-refractivity contribution in [3.63, 3.8) is 0 Å². The SMILES string of the molecule is CC(O)(CSc1cccc2ccccc12)C(=O)Nc1ccc(C#N)c(C(F)(F)F)c1. The molecule has 0 bridgehead atoms. The first-order chi connectivity index (χ1) is 14.1. The Labute approximate surface area is 175 Å². The molecule has 1 amide bonds. The Hall–Kier alpha value is -3.02. The van der Waals surface area contributed by atoms with Crippen molar-refractivity contribution in [2.24, 2.45) is 0 Å². The van der Waals surface area contributed by atoms with Gasteiger partial charge in [-0.2, -0.15) is 18.4 Å². The largest absolute Gasteiger partial charge is 0.417 e. The molecule has 3 aromatic rings. The fraction of sp³-hybridized carbons (Fsp3) is 0.182. The van der Waals surface area contributed by atoms with Gasteiger partial charge in [0.05, 0.1) is 17.2 Å². The third-order valence-electron chi connectivity index (χ3n) is 4.45. The number of carbonyl (C=O) groups excluding carboxylic acids is 1. The maximum Gasteiger partial charge on any atom is 0.417 e. The lowest BCUT2D eigenvalue weighted by molar-refractivity contribution is -0.137. The van der Waals surface area contributed by atoms with Gasteiger partial charge in [0, 0.05) is 16.3 Å². The fourth-order valence-corrected chi connectivity index (χ4v) is 3.91. The minimum absolute atomic E-state index is 0.00471. The number of nitriles is 1. The molecule has 3 aromatic carbocycles. The minimum atomic E-state index is -4.74. The molecule has 1 unspecified atom stereocenters. The highest BCUT2D eigenvalue weighted by molar-refractivity contribution is 7.99. The van der Waals surface area contributed by atoms with E-state index < -0.39 is 28.8 Å².